The van der Waals surface area contributed by atoms with Crippen molar-refractivity contribution in [3.05, 3.63) is 5.32 Å². The molecular formula is C14H20BN2O9V-. The van der Waals surface area contributed by atoms with Crippen LogP contribution in [0.25, 0.3) is 5.32 Å². The van der Waals surface area contributed by atoms with Crippen LogP contribution in [0.5, 0.6) is 0 Å². The zero-order chi connectivity index (χ0) is 19.4. The van der Waals surface area contributed by atoms with Gasteiger partial charge in [-0.15, -0.1) is 13.1 Å². The van der Waals surface area contributed by atoms with Gasteiger partial charge in [0.25, 0.3) is 6.47 Å². The van der Waals surface area contributed by atoms with Gasteiger partial charge in [-0.2, -0.15) is 0 Å². The first-order chi connectivity index (χ1) is 12.2. The topological polar surface area (TPSA) is 177 Å². The van der Waals surface area contributed by atoms with Gasteiger partial charge in [0.05, 0.1) is 12.0 Å². The number of nitrogens with zero attached hydrogens (tertiary/aromatic N) is 1. The largest absolute Gasteiger partial charge is 0.660 e. The maximum atomic E-state index is 12.0. The summed E-state index contributed by atoms with van der Waals surface area (Å²) in [5.41, 5.74) is 2.61. The zero-order valence-electron chi connectivity index (χ0n) is 14.4. The van der Waals surface area contributed by atoms with E-state index in [2.05, 4.69) is 10.1 Å². The monoisotopic (exact) mass is 422 g/mol. The Morgan fingerprint density at radius 2 is 2.15 bits per heavy atom. The minimum Gasteiger partial charge on any atom is -0.660 e. The van der Waals surface area contributed by atoms with E-state index >= 15 is 0 Å². The summed E-state index contributed by atoms with van der Waals surface area (Å²) in [6.45, 7) is -0.0919. The molecule has 0 aromatic heterocycles. The zero-order valence-corrected chi connectivity index (χ0v) is 15.8. The second kappa shape index (κ2) is 9.56. The number of ether oxygens (including phenoxy) is 1. The van der Waals surface area contributed by atoms with E-state index in [1.54, 1.807) is 0 Å². The minimum absolute atomic E-state index is 0. The fraction of sp³-hybridized carbons (Fsp3) is 0.714. The molecule has 0 saturated carbocycles. The molecule has 11 nitrogen and oxygen atoms in total. The van der Waals surface area contributed by atoms with E-state index in [4.69, 9.17) is 20.1 Å². The van der Waals surface area contributed by atoms with Crippen LogP contribution in [0, 0.1) is 5.92 Å². The molecule has 2 aliphatic rings. The summed E-state index contributed by atoms with van der Waals surface area (Å²) < 4.78 is 15.0. The van der Waals surface area contributed by atoms with Crippen molar-refractivity contribution in [2.75, 3.05) is 19.7 Å². The van der Waals surface area contributed by atoms with Gasteiger partial charge in [0.15, 0.2) is 5.60 Å². The van der Waals surface area contributed by atoms with E-state index in [0.717, 1.165) is 0 Å². The first-order valence-electron chi connectivity index (χ1n) is 8.05. The van der Waals surface area contributed by atoms with Crippen LogP contribution in [0.1, 0.15) is 19.3 Å². The van der Waals surface area contributed by atoms with Crippen LogP contribution in [0.2, 0.25) is 6.32 Å². The molecule has 13 heteroatoms. The average Bonchev–Trinajstić information content (AvgIpc) is 3.07. The number of nitrogens with two attached hydrogens (primary N) is 1. The van der Waals surface area contributed by atoms with Crippen molar-refractivity contribution in [3.63, 3.8) is 0 Å². The fourth-order valence-corrected chi connectivity index (χ4v) is 3.16. The van der Waals surface area contributed by atoms with Crippen molar-refractivity contribution in [2.24, 2.45) is 11.7 Å². The Labute approximate surface area is 167 Å². The van der Waals surface area contributed by atoms with Gasteiger partial charge in [-0.25, -0.2) is 0 Å². The molecule has 0 amide bonds. The summed E-state index contributed by atoms with van der Waals surface area (Å²) in [4.78, 5) is 44.7. The predicted octanol–water partition coefficient (Wildman–Crippen LogP) is -1.00. The Hall–Kier alpha value is -1.59. The molecule has 27 heavy (non-hydrogen) atoms. The number of carboxylic acid groups (broad SMARTS) is 2. The van der Waals surface area contributed by atoms with E-state index in [9.17, 15) is 24.3 Å². The summed E-state index contributed by atoms with van der Waals surface area (Å²) in [5, 5.41) is 22.3. The molecule has 2 aliphatic heterocycles. The predicted molar refractivity (Wildman–Crippen MR) is 85.1 cm³/mol. The van der Waals surface area contributed by atoms with Crippen LogP contribution < -0.4 is 5.73 Å². The quantitative estimate of drug-likeness (QED) is 0.292. The number of carboxylic acids is 2. The van der Waals surface area contributed by atoms with Gasteiger partial charge in [-0.3, -0.25) is 19.2 Å². The number of hydrogen-bond acceptors (Lipinski definition) is 8. The molecule has 2 fully saturated rings. The summed E-state index contributed by atoms with van der Waals surface area (Å²) in [6.07, 6.45) is 0.380. The van der Waals surface area contributed by atoms with Crippen molar-refractivity contribution in [1.29, 1.82) is 0 Å². The molecule has 4 N–H and O–H groups in total. The number of carbonyl (C=O) groups is 4. The Morgan fingerprint density at radius 1 is 1.44 bits per heavy atom. The van der Waals surface area contributed by atoms with Crippen LogP contribution in [0.15, 0.2) is 0 Å². The average molecular weight is 422 g/mol. The Balaban J connectivity index is 0.00000364. The molecule has 149 valence electrons. The summed E-state index contributed by atoms with van der Waals surface area (Å²) in [6, 6.07) is 0. The van der Waals surface area contributed by atoms with Crippen LogP contribution in [-0.4, -0.2) is 72.5 Å². The smallest absolute Gasteiger partial charge is 0.528 e. The summed E-state index contributed by atoms with van der Waals surface area (Å²) in [5.74, 6) is -3.68. The van der Waals surface area contributed by atoms with Gasteiger partial charge < -0.3 is 35.3 Å². The number of carbonyl (C=O) groups excluding carboxylic acids is 2. The van der Waals surface area contributed by atoms with E-state index < -0.39 is 49.2 Å². The Morgan fingerprint density at radius 3 is 2.74 bits per heavy atom. The maximum Gasteiger partial charge on any atom is 0.528 e. The Kier molecular flexibility index (Phi) is 8.30. The van der Waals surface area contributed by atoms with Gasteiger partial charge in [0.2, 0.25) is 0 Å². The first-order valence-corrected chi connectivity index (χ1v) is 8.05. The summed E-state index contributed by atoms with van der Waals surface area (Å²) in [7, 11) is -1.01. The first kappa shape index (κ1) is 23.4. The third kappa shape index (κ3) is 5.23. The molecule has 0 aromatic rings. The van der Waals surface area contributed by atoms with Crippen molar-refractivity contribution in [2.45, 2.75) is 36.7 Å². The van der Waals surface area contributed by atoms with Crippen LogP contribution >= 0.6 is 0 Å². The standard InChI is InChI=1S/C14H20BN2O9.V/c16-14(11(21)22)6-17-5-9(14)2-1-3-15-25-12(23)13(26-15,4-10(19)20)7-24-8-18;/h8-9H,1-7,16H2,(H,19,20)(H,21,22);/q-1;. The molecule has 1 radical (unpaired) electrons. The number of rotatable bonds is 10. The SMILES string of the molecule is NC1(C(=O)O)C[N-]CC1CCCB1OC(=O)C(COC=O)(CC(=O)O)O1.[V]. The van der Waals surface area contributed by atoms with Crippen molar-refractivity contribution < 1.29 is 62.0 Å². The van der Waals surface area contributed by atoms with Crippen LogP contribution in [0.4, 0.5) is 0 Å². The third-order valence-electron chi connectivity index (χ3n) is 4.63. The maximum absolute atomic E-state index is 12.0. The van der Waals surface area contributed by atoms with E-state index in [1.165, 1.54) is 0 Å². The molecule has 0 aliphatic carbocycles. The molecular weight excluding hydrogens is 402 g/mol. The second-order valence-corrected chi connectivity index (χ2v) is 6.46. The van der Waals surface area contributed by atoms with E-state index in [0.29, 0.717) is 19.4 Å². The van der Waals surface area contributed by atoms with Gasteiger partial charge in [-0.05, 0) is 12.2 Å². The molecule has 2 saturated heterocycles. The molecule has 2 heterocycles. The van der Waals surface area contributed by atoms with Crippen molar-refractivity contribution >= 4 is 31.5 Å². The minimum atomic E-state index is -1.88. The number of aliphatic carboxylic acids is 2. The molecule has 3 unspecified atom stereocenters. The summed E-state index contributed by atoms with van der Waals surface area (Å²) >= 11 is 0. The van der Waals surface area contributed by atoms with Crippen LogP contribution in [0.3, 0.4) is 0 Å². The van der Waals surface area contributed by atoms with Gasteiger partial charge in [-0.1, -0.05) is 12.8 Å². The van der Waals surface area contributed by atoms with Crippen molar-refractivity contribution in [3.8, 4) is 0 Å². The van der Waals surface area contributed by atoms with Crippen molar-refractivity contribution in [1.82, 2.24) is 0 Å². The normalized spacial score (nSPS) is 29.7. The van der Waals surface area contributed by atoms with E-state index in [1.807, 2.05) is 0 Å². The fourth-order valence-electron chi connectivity index (χ4n) is 3.16. The van der Waals surface area contributed by atoms with Crippen LogP contribution in [-0.2, 0) is 51.8 Å². The third-order valence-corrected chi connectivity index (χ3v) is 4.63. The molecule has 0 spiro atoms. The molecule has 0 aromatic carbocycles. The Bertz CT molecular complexity index is 595. The van der Waals surface area contributed by atoms with Gasteiger partial charge in [0, 0.05) is 18.6 Å². The number of hydrogen-bond donors (Lipinski definition) is 3. The molecule has 3 atom stereocenters. The van der Waals surface area contributed by atoms with Gasteiger partial charge >= 0.3 is 25.0 Å². The molecule has 0 bridgehead atoms. The van der Waals surface area contributed by atoms with E-state index in [-0.39, 0.29) is 43.8 Å². The van der Waals surface area contributed by atoms with Gasteiger partial charge in [0.1, 0.15) is 6.61 Å². The second-order valence-electron chi connectivity index (χ2n) is 6.46. The molecule has 2 rings (SSSR count).